The number of hydrogen-bond donors (Lipinski definition) is 1. The second-order valence-corrected chi connectivity index (χ2v) is 7.07. The predicted molar refractivity (Wildman–Crippen MR) is 71.4 cm³/mol. The van der Waals surface area contributed by atoms with E-state index in [0.717, 1.165) is 0 Å². The van der Waals surface area contributed by atoms with E-state index in [-0.39, 0.29) is 22.9 Å². The summed E-state index contributed by atoms with van der Waals surface area (Å²) >= 11 is 3.02. The van der Waals surface area contributed by atoms with Gasteiger partial charge in [-0.2, -0.15) is 13.2 Å². The molecule has 1 aromatic carbocycles. The van der Waals surface area contributed by atoms with Crippen LogP contribution >= 0.6 is 15.9 Å². The first-order valence-electron chi connectivity index (χ1n) is 6.20. The number of aromatic hydroxyl groups is 1. The molecule has 1 aromatic rings. The summed E-state index contributed by atoms with van der Waals surface area (Å²) in [6.07, 6.45) is -4.72. The molecule has 0 atom stereocenters. The van der Waals surface area contributed by atoms with Crippen molar-refractivity contribution >= 4 is 15.9 Å². The molecule has 1 N–H and O–H groups in total. The summed E-state index contributed by atoms with van der Waals surface area (Å²) in [6, 6.07) is 1.28. The van der Waals surface area contributed by atoms with Gasteiger partial charge in [-0.3, -0.25) is 0 Å². The minimum Gasteiger partial charge on any atom is -0.505 e. The number of rotatable bonds is 1. The highest BCUT2D eigenvalue weighted by atomic mass is 79.9. The Morgan fingerprint density at radius 1 is 1.20 bits per heavy atom. The van der Waals surface area contributed by atoms with Gasteiger partial charge in [0, 0.05) is 5.56 Å². The Morgan fingerprint density at radius 2 is 1.70 bits per heavy atom. The van der Waals surface area contributed by atoms with Crippen molar-refractivity contribution in [3.05, 3.63) is 27.5 Å². The minimum atomic E-state index is -4.49. The number of hydrogen-bond acceptors (Lipinski definition) is 1. The van der Waals surface area contributed by atoms with E-state index in [4.69, 9.17) is 0 Å². The van der Waals surface area contributed by atoms with Crippen LogP contribution in [0.4, 0.5) is 17.6 Å². The monoisotopic (exact) mass is 354 g/mol. The third kappa shape index (κ3) is 2.22. The fourth-order valence-electron chi connectivity index (χ4n) is 2.36. The van der Waals surface area contributed by atoms with E-state index in [0.29, 0.717) is 5.56 Å². The molecule has 0 unspecified atom stereocenters. The lowest BCUT2D eigenvalue weighted by molar-refractivity contribution is -0.161. The summed E-state index contributed by atoms with van der Waals surface area (Å²) in [7, 11) is 0. The Bertz CT molecular complexity index is 554. The average Bonchev–Trinajstić information content (AvgIpc) is 3.04. The van der Waals surface area contributed by atoms with E-state index in [1.165, 1.54) is 6.07 Å². The lowest BCUT2D eigenvalue weighted by atomic mass is 9.83. The number of benzene rings is 1. The smallest absolute Gasteiger partial charge is 0.398 e. The molecule has 112 valence electrons. The quantitative estimate of drug-likeness (QED) is 0.688. The molecule has 1 fully saturated rings. The summed E-state index contributed by atoms with van der Waals surface area (Å²) in [5, 5.41) is 9.80. The Morgan fingerprint density at radius 3 is 2.05 bits per heavy atom. The van der Waals surface area contributed by atoms with Crippen molar-refractivity contribution in [2.75, 3.05) is 0 Å². The number of phenolic OH excluding ortho intramolecular Hbond substituents is 1. The third-order valence-electron chi connectivity index (χ3n) is 3.80. The number of halogens is 5. The molecule has 0 amide bonds. The normalized spacial score (nSPS) is 18.2. The van der Waals surface area contributed by atoms with Gasteiger partial charge in [-0.15, -0.1) is 0 Å². The molecule has 0 spiro atoms. The maximum atomic E-state index is 14.1. The Balaban J connectivity index is 2.71. The van der Waals surface area contributed by atoms with Crippen molar-refractivity contribution in [3.8, 4) is 5.75 Å². The topological polar surface area (TPSA) is 20.2 Å². The van der Waals surface area contributed by atoms with Crippen LogP contribution in [0.25, 0.3) is 0 Å². The summed E-state index contributed by atoms with van der Waals surface area (Å²) in [5.41, 5.74) is -2.57. The van der Waals surface area contributed by atoms with Gasteiger partial charge in [0.1, 0.15) is 0 Å². The minimum absolute atomic E-state index is 0.0178. The zero-order chi connectivity index (χ0) is 15.5. The molecule has 0 radical (unpaired) electrons. The fourth-order valence-corrected chi connectivity index (χ4v) is 3.25. The van der Waals surface area contributed by atoms with Crippen LogP contribution in [0, 0.1) is 5.82 Å². The maximum Gasteiger partial charge on any atom is 0.398 e. The summed E-state index contributed by atoms with van der Waals surface area (Å²) in [4.78, 5) is 0. The molecule has 1 saturated carbocycles. The lowest BCUT2D eigenvalue weighted by Crippen LogP contribution is -2.29. The molecule has 1 nitrogen and oxygen atoms in total. The van der Waals surface area contributed by atoms with Crippen LogP contribution < -0.4 is 0 Å². The Labute approximate surface area is 123 Å². The standard InChI is InChI=1S/C14H15BrF4O/c1-12(2,3)7-6-8(11(20)10(16)9(7)15)13(4-5-13)14(17,18)19/h6,20H,4-5H2,1-3H3. The van der Waals surface area contributed by atoms with Crippen LogP contribution in [-0.4, -0.2) is 11.3 Å². The molecule has 0 saturated heterocycles. The van der Waals surface area contributed by atoms with Gasteiger partial charge in [-0.25, -0.2) is 4.39 Å². The Hall–Kier alpha value is -0.780. The van der Waals surface area contributed by atoms with Gasteiger partial charge in [0.2, 0.25) is 0 Å². The van der Waals surface area contributed by atoms with Gasteiger partial charge < -0.3 is 5.11 Å². The molecule has 0 aliphatic heterocycles. The first-order chi connectivity index (χ1) is 8.92. The molecule has 0 bridgehead atoms. The van der Waals surface area contributed by atoms with E-state index >= 15 is 0 Å². The second-order valence-electron chi connectivity index (χ2n) is 6.28. The highest BCUT2D eigenvalue weighted by Crippen LogP contribution is 2.61. The average molecular weight is 355 g/mol. The van der Waals surface area contributed by atoms with Crippen LogP contribution in [0.1, 0.15) is 44.7 Å². The molecule has 20 heavy (non-hydrogen) atoms. The van der Waals surface area contributed by atoms with Gasteiger partial charge in [0.05, 0.1) is 9.89 Å². The van der Waals surface area contributed by atoms with Gasteiger partial charge in [0.25, 0.3) is 0 Å². The first-order valence-corrected chi connectivity index (χ1v) is 7.00. The molecule has 1 aliphatic rings. The first kappa shape index (κ1) is 15.6. The SMILES string of the molecule is CC(C)(C)c1cc(C2(C(F)(F)F)CC2)c(O)c(F)c1Br. The van der Waals surface area contributed by atoms with Crippen LogP contribution in [0.15, 0.2) is 10.5 Å². The van der Waals surface area contributed by atoms with Crippen molar-refractivity contribution < 1.29 is 22.7 Å². The summed E-state index contributed by atoms with van der Waals surface area (Å²) < 4.78 is 53.6. The lowest BCUT2D eigenvalue weighted by Gasteiger charge is -2.26. The van der Waals surface area contributed by atoms with Crippen molar-refractivity contribution in [1.29, 1.82) is 0 Å². The van der Waals surface area contributed by atoms with Crippen LogP contribution in [0.2, 0.25) is 0 Å². The molecule has 1 aliphatic carbocycles. The second kappa shape index (κ2) is 4.36. The number of phenols is 1. The van der Waals surface area contributed by atoms with Crippen molar-refractivity contribution in [2.45, 2.75) is 50.6 Å². The fraction of sp³-hybridized carbons (Fsp3) is 0.571. The van der Waals surface area contributed by atoms with Gasteiger partial charge >= 0.3 is 6.18 Å². The van der Waals surface area contributed by atoms with Crippen LogP contribution in [-0.2, 0) is 10.8 Å². The van der Waals surface area contributed by atoms with Crippen molar-refractivity contribution in [3.63, 3.8) is 0 Å². The van der Waals surface area contributed by atoms with Crippen molar-refractivity contribution in [1.82, 2.24) is 0 Å². The molecule has 6 heteroatoms. The molecular formula is C14H15BrF4O. The van der Waals surface area contributed by atoms with Gasteiger partial charge in [-0.1, -0.05) is 20.8 Å². The van der Waals surface area contributed by atoms with Crippen LogP contribution in [0.5, 0.6) is 5.75 Å². The van der Waals surface area contributed by atoms with Gasteiger partial charge in [0.15, 0.2) is 11.6 Å². The molecule has 0 heterocycles. The highest BCUT2D eigenvalue weighted by Gasteiger charge is 2.65. The Kier molecular flexibility index (Phi) is 3.40. The third-order valence-corrected chi connectivity index (χ3v) is 4.57. The summed E-state index contributed by atoms with van der Waals surface area (Å²) in [5.74, 6) is -1.93. The van der Waals surface area contributed by atoms with E-state index in [2.05, 4.69) is 15.9 Å². The summed E-state index contributed by atoms with van der Waals surface area (Å²) in [6.45, 7) is 5.33. The van der Waals surface area contributed by atoms with E-state index in [1.54, 1.807) is 20.8 Å². The highest BCUT2D eigenvalue weighted by molar-refractivity contribution is 9.10. The number of alkyl halides is 3. The van der Waals surface area contributed by atoms with Gasteiger partial charge in [-0.05, 0) is 45.8 Å². The zero-order valence-electron chi connectivity index (χ0n) is 11.3. The van der Waals surface area contributed by atoms with E-state index in [9.17, 15) is 22.7 Å². The van der Waals surface area contributed by atoms with Crippen LogP contribution in [0.3, 0.4) is 0 Å². The van der Waals surface area contributed by atoms with Crippen molar-refractivity contribution in [2.24, 2.45) is 0 Å². The van der Waals surface area contributed by atoms with E-state index < -0.39 is 28.6 Å². The predicted octanol–water partition coefficient (Wildman–Crippen LogP) is 5.19. The molecule has 2 rings (SSSR count). The molecule has 0 aromatic heterocycles. The maximum absolute atomic E-state index is 14.1. The van der Waals surface area contributed by atoms with E-state index in [1.807, 2.05) is 0 Å². The largest absolute Gasteiger partial charge is 0.505 e. The zero-order valence-corrected chi connectivity index (χ0v) is 12.9. The molecular weight excluding hydrogens is 340 g/mol.